The molecule has 8 heteroatoms. The molecule has 0 saturated heterocycles. The average Bonchev–Trinajstić information content (AvgIpc) is 2.43. The first-order valence-electron chi connectivity index (χ1n) is 6.13. The van der Waals surface area contributed by atoms with Gasteiger partial charge in [-0.2, -0.15) is 13.2 Å². The van der Waals surface area contributed by atoms with Gasteiger partial charge >= 0.3 is 12.1 Å². The van der Waals surface area contributed by atoms with Crippen LogP contribution in [0.3, 0.4) is 0 Å². The third-order valence-corrected chi connectivity index (χ3v) is 3.25. The second kappa shape index (κ2) is 6.31. The number of benzene rings is 1. The summed E-state index contributed by atoms with van der Waals surface area (Å²) in [6.07, 6.45) is -4.48. The van der Waals surface area contributed by atoms with E-state index in [1.54, 1.807) is 6.92 Å². The van der Waals surface area contributed by atoms with Crippen LogP contribution in [0.25, 0.3) is 0 Å². The SMILES string of the molecule is CCC(CO)(CO)Nc1ccc(C(F)(F)F)c(C(=O)O)c1. The van der Waals surface area contributed by atoms with Crippen LogP contribution >= 0.6 is 0 Å². The number of alkyl halides is 3. The first-order chi connectivity index (χ1) is 9.69. The van der Waals surface area contributed by atoms with Gasteiger partial charge in [0.1, 0.15) is 0 Å². The van der Waals surface area contributed by atoms with Gasteiger partial charge in [0.25, 0.3) is 0 Å². The summed E-state index contributed by atoms with van der Waals surface area (Å²) in [4.78, 5) is 11.0. The lowest BCUT2D eigenvalue weighted by Gasteiger charge is -2.31. The number of anilines is 1. The first kappa shape index (κ1) is 17.3. The summed E-state index contributed by atoms with van der Waals surface area (Å²) >= 11 is 0. The lowest BCUT2D eigenvalue weighted by molar-refractivity contribution is -0.138. The highest BCUT2D eigenvalue weighted by Gasteiger charge is 2.36. The van der Waals surface area contributed by atoms with E-state index in [-0.39, 0.29) is 5.69 Å². The highest BCUT2D eigenvalue weighted by atomic mass is 19.4. The standard InChI is InChI=1S/C13H16F3NO4/c1-2-12(6-18,7-19)17-8-3-4-10(13(14,15)16)9(5-8)11(20)21/h3-5,17-19H,2,6-7H2,1H3,(H,20,21). The Morgan fingerprint density at radius 1 is 1.24 bits per heavy atom. The van der Waals surface area contributed by atoms with E-state index in [1.807, 2.05) is 0 Å². The fraction of sp³-hybridized carbons (Fsp3) is 0.462. The largest absolute Gasteiger partial charge is 0.478 e. The molecule has 5 nitrogen and oxygen atoms in total. The predicted octanol–water partition coefficient (Wildman–Crippen LogP) is 1.95. The molecule has 0 bridgehead atoms. The zero-order valence-electron chi connectivity index (χ0n) is 11.2. The van der Waals surface area contributed by atoms with Crippen LogP contribution in [0.4, 0.5) is 18.9 Å². The van der Waals surface area contributed by atoms with Gasteiger partial charge in [-0.1, -0.05) is 6.92 Å². The zero-order chi connectivity index (χ0) is 16.3. The monoisotopic (exact) mass is 307 g/mol. The fourth-order valence-corrected chi connectivity index (χ4v) is 1.79. The normalized spacial score (nSPS) is 12.3. The number of hydrogen-bond acceptors (Lipinski definition) is 4. The molecule has 0 unspecified atom stereocenters. The minimum atomic E-state index is -4.78. The number of aromatic carboxylic acids is 1. The Morgan fingerprint density at radius 2 is 1.81 bits per heavy atom. The molecule has 0 atom stereocenters. The van der Waals surface area contributed by atoms with Gasteiger partial charge in [-0.3, -0.25) is 0 Å². The Morgan fingerprint density at radius 3 is 2.19 bits per heavy atom. The van der Waals surface area contributed by atoms with E-state index < -0.39 is 42.0 Å². The zero-order valence-corrected chi connectivity index (χ0v) is 11.2. The highest BCUT2D eigenvalue weighted by molar-refractivity contribution is 5.91. The highest BCUT2D eigenvalue weighted by Crippen LogP contribution is 2.34. The summed E-state index contributed by atoms with van der Waals surface area (Å²) < 4.78 is 38.1. The van der Waals surface area contributed by atoms with Crippen molar-refractivity contribution >= 4 is 11.7 Å². The van der Waals surface area contributed by atoms with E-state index in [4.69, 9.17) is 5.11 Å². The van der Waals surface area contributed by atoms with E-state index in [9.17, 15) is 28.2 Å². The number of carbonyl (C=O) groups is 1. The van der Waals surface area contributed by atoms with Gasteiger partial charge in [0.05, 0.1) is 29.9 Å². The summed E-state index contributed by atoms with van der Waals surface area (Å²) in [7, 11) is 0. The summed E-state index contributed by atoms with van der Waals surface area (Å²) in [5, 5.41) is 30.1. The molecule has 0 fully saturated rings. The first-order valence-corrected chi connectivity index (χ1v) is 6.13. The lowest BCUT2D eigenvalue weighted by atomic mass is 9.97. The van der Waals surface area contributed by atoms with Crippen LogP contribution in [0.2, 0.25) is 0 Å². The van der Waals surface area contributed by atoms with Crippen molar-refractivity contribution in [1.82, 2.24) is 0 Å². The molecule has 1 aromatic rings. The maximum Gasteiger partial charge on any atom is 0.417 e. The maximum absolute atomic E-state index is 12.7. The molecule has 0 spiro atoms. The van der Waals surface area contributed by atoms with Crippen LogP contribution in [0.5, 0.6) is 0 Å². The Kier molecular flexibility index (Phi) is 5.19. The molecule has 0 heterocycles. The molecular formula is C13H16F3NO4. The number of carboxylic acids is 1. The Bertz CT molecular complexity index is 504. The number of halogens is 3. The molecule has 0 aliphatic heterocycles. The molecule has 0 saturated carbocycles. The number of aliphatic hydroxyl groups excluding tert-OH is 2. The van der Waals surface area contributed by atoms with Gasteiger partial charge in [-0.05, 0) is 24.6 Å². The van der Waals surface area contributed by atoms with E-state index in [1.165, 1.54) is 0 Å². The van der Waals surface area contributed by atoms with Crippen LogP contribution in [0, 0.1) is 0 Å². The third-order valence-electron chi connectivity index (χ3n) is 3.25. The van der Waals surface area contributed by atoms with Crippen molar-refractivity contribution in [2.24, 2.45) is 0 Å². The van der Waals surface area contributed by atoms with Crippen LogP contribution in [-0.2, 0) is 6.18 Å². The van der Waals surface area contributed by atoms with Gasteiger partial charge in [0, 0.05) is 5.69 Å². The van der Waals surface area contributed by atoms with E-state index in [0.717, 1.165) is 12.1 Å². The maximum atomic E-state index is 12.7. The smallest absolute Gasteiger partial charge is 0.417 e. The topological polar surface area (TPSA) is 89.8 Å². The molecular weight excluding hydrogens is 291 g/mol. The molecule has 1 rings (SSSR count). The molecule has 0 aliphatic carbocycles. The summed E-state index contributed by atoms with van der Waals surface area (Å²) in [6.45, 7) is 0.758. The Hall–Kier alpha value is -1.80. The van der Waals surface area contributed by atoms with Crippen molar-refractivity contribution in [3.63, 3.8) is 0 Å². The number of rotatable bonds is 6. The van der Waals surface area contributed by atoms with E-state index in [2.05, 4.69) is 5.32 Å². The molecule has 21 heavy (non-hydrogen) atoms. The molecule has 118 valence electrons. The van der Waals surface area contributed by atoms with Crippen LogP contribution < -0.4 is 5.32 Å². The summed E-state index contributed by atoms with van der Waals surface area (Å²) in [5.41, 5.74) is -3.20. The lowest BCUT2D eigenvalue weighted by Crippen LogP contribution is -2.45. The van der Waals surface area contributed by atoms with Gasteiger partial charge in [-0.15, -0.1) is 0 Å². The summed E-state index contributed by atoms with van der Waals surface area (Å²) in [5.74, 6) is -1.71. The van der Waals surface area contributed by atoms with Crippen LogP contribution in [0.1, 0.15) is 29.3 Å². The summed E-state index contributed by atoms with van der Waals surface area (Å²) in [6, 6.07) is 2.55. The van der Waals surface area contributed by atoms with Gasteiger partial charge < -0.3 is 20.6 Å². The van der Waals surface area contributed by atoms with Crippen molar-refractivity contribution in [2.45, 2.75) is 25.1 Å². The van der Waals surface area contributed by atoms with Crippen molar-refractivity contribution < 1.29 is 33.3 Å². The van der Waals surface area contributed by atoms with E-state index >= 15 is 0 Å². The van der Waals surface area contributed by atoms with Crippen molar-refractivity contribution in [1.29, 1.82) is 0 Å². The van der Waals surface area contributed by atoms with Crippen LogP contribution in [0.15, 0.2) is 18.2 Å². The Labute approximate surface area is 119 Å². The van der Waals surface area contributed by atoms with Crippen molar-refractivity contribution in [3.05, 3.63) is 29.3 Å². The van der Waals surface area contributed by atoms with Crippen LogP contribution in [-0.4, -0.2) is 40.0 Å². The van der Waals surface area contributed by atoms with Crippen molar-refractivity contribution in [2.75, 3.05) is 18.5 Å². The van der Waals surface area contributed by atoms with E-state index in [0.29, 0.717) is 12.5 Å². The molecule has 4 N–H and O–H groups in total. The third kappa shape index (κ3) is 3.85. The predicted molar refractivity (Wildman–Crippen MR) is 69.2 cm³/mol. The van der Waals surface area contributed by atoms with Gasteiger partial charge in [0.2, 0.25) is 0 Å². The second-order valence-corrected chi connectivity index (χ2v) is 4.64. The molecule has 0 aliphatic rings. The molecule has 1 aromatic carbocycles. The van der Waals surface area contributed by atoms with Gasteiger partial charge in [0.15, 0.2) is 0 Å². The Balaban J connectivity index is 3.24. The number of aliphatic hydroxyl groups is 2. The number of hydrogen-bond donors (Lipinski definition) is 4. The second-order valence-electron chi connectivity index (χ2n) is 4.64. The molecule has 0 amide bonds. The minimum absolute atomic E-state index is 0.0744. The average molecular weight is 307 g/mol. The van der Waals surface area contributed by atoms with Gasteiger partial charge in [-0.25, -0.2) is 4.79 Å². The molecule has 0 radical (unpaired) electrons. The quantitative estimate of drug-likeness (QED) is 0.645. The number of carboxylic acid groups (broad SMARTS) is 1. The fourth-order valence-electron chi connectivity index (χ4n) is 1.79. The molecule has 0 aromatic heterocycles. The number of nitrogens with one attached hydrogen (secondary N) is 1. The minimum Gasteiger partial charge on any atom is -0.478 e. The van der Waals surface area contributed by atoms with Crippen molar-refractivity contribution in [3.8, 4) is 0 Å².